The zero-order valence-corrected chi connectivity index (χ0v) is 15.2. The largest absolute Gasteiger partial charge is 0.454 e. The lowest BCUT2D eigenvalue weighted by atomic mass is 9.98. The molecule has 0 bridgehead atoms. The van der Waals surface area contributed by atoms with E-state index >= 15 is 0 Å². The summed E-state index contributed by atoms with van der Waals surface area (Å²) in [5.74, 6) is 1.36. The second-order valence-electron chi connectivity index (χ2n) is 6.37. The van der Waals surface area contributed by atoms with Crippen molar-refractivity contribution >= 4 is 23.0 Å². The molecule has 0 saturated heterocycles. The molecule has 5 rings (SSSR count). The Labute approximate surface area is 160 Å². The Morgan fingerprint density at radius 2 is 1.89 bits per heavy atom. The van der Waals surface area contributed by atoms with Crippen LogP contribution in [-0.2, 0) is 0 Å². The lowest BCUT2D eigenvalue weighted by molar-refractivity contribution is 0.0716. The minimum atomic E-state index is -0.177. The number of benzene rings is 2. The molecule has 5 nitrogen and oxygen atoms in total. The molecule has 0 radical (unpaired) electrons. The van der Waals surface area contributed by atoms with Gasteiger partial charge >= 0.3 is 0 Å². The van der Waals surface area contributed by atoms with E-state index in [1.807, 2.05) is 66.0 Å². The topological polar surface area (TPSA) is 51.1 Å². The summed E-state index contributed by atoms with van der Waals surface area (Å²) in [6.07, 6.45) is 0.654. The molecule has 2 aliphatic heterocycles. The Kier molecular flexibility index (Phi) is 3.90. The molecule has 0 spiro atoms. The van der Waals surface area contributed by atoms with Gasteiger partial charge in [-0.1, -0.05) is 42.5 Å². The molecule has 0 fully saturated rings. The summed E-state index contributed by atoms with van der Waals surface area (Å²) in [4.78, 5) is 13.8. The van der Waals surface area contributed by atoms with Crippen LogP contribution in [0.3, 0.4) is 0 Å². The van der Waals surface area contributed by atoms with Gasteiger partial charge in [0.1, 0.15) is 0 Å². The van der Waals surface area contributed by atoms with Crippen LogP contribution < -0.4 is 9.47 Å². The van der Waals surface area contributed by atoms with Gasteiger partial charge in [-0.2, -0.15) is 5.10 Å². The first kappa shape index (κ1) is 16.1. The Morgan fingerprint density at radius 1 is 1.04 bits per heavy atom. The number of carbonyl (C=O) groups excluding carboxylic acids is 1. The zero-order chi connectivity index (χ0) is 18.2. The number of carbonyl (C=O) groups is 1. The van der Waals surface area contributed by atoms with E-state index in [9.17, 15) is 4.79 Å². The third kappa shape index (κ3) is 2.88. The maximum absolute atomic E-state index is 13.1. The molecule has 0 aliphatic carbocycles. The number of ether oxygens (including phenoxy) is 2. The number of hydrazone groups is 1. The van der Waals surface area contributed by atoms with E-state index in [1.54, 1.807) is 5.01 Å². The van der Waals surface area contributed by atoms with E-state index in [0.717, 1.165) is 22.6 Å². The van der Waals surface area contributed by atoms with Crippen LogP contribution in [0.1, 0.15) is 33.3 Å². The maximum Gasteiger partial charge on any atom is 0.284 e. The van der Waals surface area contributed by atoms with E-state index < -0.39 is 0 Å². The van der Waals surface area contributed by atoms with Crippen molar-refractivity contribution in [1.29, 1.82) is 0 Å². The molecule has 3 aromatic rings. The molecule has 0 unspecified atom stereocenters. The van der Waals surface area contributed by atoms with Gasteiger partial charge in [0, 0.05) is 6.42 Å². The van der Waals surface area contributed by atoms with E-state index in [1.165, 1.54) is 11.3 Å². The number of fused-ring (bicyclic) bond motifs is 1. The fourth-order valence-electron chi connectivity index (χ4n) is 3.40. The SMILES string of the molecule is O=C(c1cccs1)N1N=C(c2ccccc2)C[C@H]1c1ccc2c(c1)OCO2. The molecule has 1 atom stereocenters. The number of hydrogen-bond acceptors (Lipinski definition) is 5. The van der Waals surface area contributed by atoms with Crippen molar-refractivity contribution in [2.75, 3.05) is 6.79 Å². The van der Waals surface area contributed by atoms with Crippen LogP contribution >= 0.6 is 11.3 Å². The third-order valence-electron chi connectivity index (χ3n) is 4.74. The first-order valence-electron chi connectivity index (χ1n) is 8.69. The highest BCUT2D eigenvalue weighted by atomic mass is 32.1. The van der Waals surface area contributed by atoms with Gasteiger partial charge < -0.3 is 9.47 Å². The third-order valence-corrected chi connectivity index (χ3v) is 5.60. The van der Waals surface area contributed by atoms with Crippen LogP contribution in [-0.4, -0.2) is 23.4 Å². The van der Waals surface area contributed by atoms with Crippen molar-refractivity contribution in [1.82, 2.24) is 5.01 Å². The molecule has 1 amide bonds. The van der Waals surface area contributed by atoms with Crippen molar-refractivity contribution in [3.05, 3.63) is 82.0 Å². The van der Waals surface area contributed by atoms with Gasteiger partial charge in [-0.25, -0.2) is 5.01 Å². The van der Waals surface area contributed by atoms with Crippen LogP contribution in [0.5, 0.6) is 11.5 Å². The number of nitrogens with zero attached hydrogens (tertiary/aromatic N) is 2. The highest BCUT2D eigenvalue weighted by molar-refractivity contribution is 7.12. The highest BCUT2D eigenvalue weighted by Gasteiger charge is 2.34. The van der Waals surface area contributed by atoms with Crippen LogP contribution in [0.4, 0.5) is 0 Å². The molecule has 134 valence electrons. The first-order chi connectivity index (χ1) is 13.3. The molecule has 27 heavy (non-hydrogen) atoms. The molecular weight excluding hydrogens is 360 g/mol. The van der Waals surface area contributed by atoms with Gasteiger partial charge in [0.25, 0.3) is 5.91 Å². The second-order valence-corrected chi connectivity index (χ2v) is 7.32. The molecule has 0 saturated carbocycles. The molecular formula is C21H16N2O3S. The van der Waals surface area contributed by atoms with E-state index in [0.29, 0.717) is 17.0 Å². The Balaban J connectivity index is 1.54. The maximum atomic E-state index is 13.1. The van der Waals surface area contributed by atoms with Gasteiger partial charge in [-0.15, -0.1) is 11.3 Å². The minimum absolute atomic E-state index is 0.0846. The van der Waals surface area contributed by atoms with Crippen LogP contribution in [0.15, 0.2) is 71.1 Å². The summed E-state index contributed by atoms with van der Waals surface area (Å²) in [5, 5.41) is 8.21. The highest BCUT2D eigenvalue weighted by Crippen LogP contribution is 2.39. The van der Waals surface area contributed by atoms with Gasteiger partial charge in [0.05, 0.1) is 16.6 Å². The van der Waals surface area contributed by atoms with Gasteiger partial charge in [0.2, 0.25) is 6.79 Å². The average Bonchev–Trinajstić information content (AvgIpc) is 3.47. The molecule has 6 heteroatoms. The summed E-state index contributed by atoms with van der Waals surface area (Å²) in [6, 6.07) is 19.4. The van der Waals surface area contributed by atoms with Crippen molar-refractivity contribution < 1.29 is 14.3 Å². The first-order valence-corrected chi connectivity index (χ1v) is 9.57. The Morgan fingerprint density at radius 3 is 2.70 bits per heavy atom. The average molecular weight is 376 g/mol. The molecule has 2 aromatic carbocycles. The Bertz CT molecular complexity index is 1020. The molecule has 1 aromatic heterocycles. The van der Waals surface area contributed by atoms with Crippen molar-refractivity contribution in [3.63, 3.8) is 0 Å². The standard InChI is InChI=1S/C21H16N2O3S/c24-21(20-7-4-10-27-20)23-17(12-16(22-23)14-5-2-1-3-6-14)15-8-9-18-19(11-15)26-13-25-18/h1-11,17H,12-13H2/t17-/m0/s1. The summed E-state index contributed by atoms with van der Waals surface area (Å²) >= 11 is 1.43. The summed E-state index contributed by atoms with van der Waals surface area (Å²) in [6.45, 7) is 0.229. The number of amides is 1. The predicted octanol–water partition coefficient (Wildman–Crippen LogP) is 4.47. The van der Waals surface area contributed by atoms with Crippen molar-refractivity contribution in [3.8, 4) is 11.5 Å². The summed E-state index contributed by atoms with van der Waals surface area (Å²) < 4.78 is 10.9. The summed E-state index contributed by atoms with van der Waals surface area (Å²) in [5.41, 5.74) is 2.92. The normalized spacial score (nSPS) is 17.9. The zero-order valence-electron chi connectivity index (χ0n) is 14.4. The Hall–Kier alpha value is -3.12. The monoisotopic (exact) mass is 376 g/mol. The lowest BCUT2D eigenvalue weighted by Gasteiger charge is -2.21. The van der Waals surface area contributed by atoms with Crippen LogP contribution in [0, 0.1) is 0 Å². The van der Waals surface area contributed by atoms with Crippen molar-refractivity contribution in [2.24, 2.45) is 5.10 Å². The number of thiophene rings is 1. The van der Waals surface area contributed by atoms with Gasteiger partial charge in [0.15, 0.2) is 11.5 Å². The molecule has 3 heterocycles. The van der Waals surface area contributed by atoms with E-state index in [4.69, 9.17) is 14.6 Å². The van der Waals surface area contributed by atoms with Gasteiger partial charge in [-0.05, 0) is 34.7 Å². The second kappa shape index (κ2) is 6.55. The number of hydrogen-bond donors (Lipinski definition) is 0. The fraction of sp³-hybridized carbons (Fsp3) is 0.143. The number of rotatable bonds is 3. The van der Waals surface area contributed by atoms with Crippen LogP contribution in [0.2, 0.25) is 0 Å². The molecule has 0 N–H and O–H groups in total. The predicted molar refractivity (Wildman–Crippen MR) is 103 cm³/mol. The lowest BCUT2D eigenvalue weighted by Crippen LogP contribution is -2.26. The minimum Gasteiger partial charge on any atom is -0.454 e. The quantitative estimate of drug-likeness (QED) is 0.678. The van der Waals surface area contributed by atoms with Gasteiger partial charge in [-0.3, -0.25) is 4.79 Å². The van der Waals surface area contributed by atoms with Crippen LogP contribution in [0.25, 0.3) is 0 Å². The fourth-order valence-corrected chi connectivity index (χ4v) is 4.05. The van der Waals surface area contributed by atoms with Crippen molar-refractivity contribution in [2.45, 2.75) is 12.5 Å². The smallest absolute Gasteiger partial charge is 0.284 e. The van der Waals surface area contributed by atoms with E-state index in [2.05, 4.69) is 0 Å². The van der Waals surface area contributed by atoms with E-state index in [-0.39, 0.29) is 18.7 Å². The summed E-state index contributed by atoms with van der Waals surface area (Å²) in [7, 11) is 0. The molecule has 2 aliphatic rings.